The van der Waals surface area contributed by atoms with Gasteiger partial charge >= 0.3 is 0 Å². The number of halogens is 2. The number of hydrogen-bond acceptors (Lipinski definition) is 2. The molecule has 2 N–H and O–H groups in total. The summed E-state index contributed by atoms with van der Waals surface area (Å²) in [6.45, 7) is 4.62. The molecule has 2 rings (SSSR count). The molecule has 0 bridgehead atoms. The van der Waals surface area contributed by atoms with E-state index < -0.39 is 0 Å². The molecule has 0 aliphatic carbocycles. The summed E-state index contributed by atoms with van der Waals surface area (Å²) in [5.74, 6) is -0.225. The number of benzene rings is 2. The van der Waals surface area contributed by atoms with Crippen LogP contribution in [0.5, 0.6) is 0 Å². The van der Waals surface area contributed by atoms with Gasteiger partial charge in [-0.2, -0.15) is 0 Å². The average molecular weight is 337 g/mol. The molecule has 2 aromatic rings. The van der Waals surface area contributed by atoms with Crippen molar-refractivity contribution < 1.29 is 4.39 Å². The molecule has 0 radical (unpaired) electrons. The lowest BCUT2D eigenvalue weighted by molar-refractivity contribution is 0.625. The van der Waals surface area contributed by atoms with E-state index in [1.165, 1.54) is 6.07 Å². The first-order chi connectivity index (χ1) is 9.54. The van der Waals surface area contributed by atoms with E-state index in [2.05, 4.69) is 15.9 Å². The predicted molar refractivity (Wildman–Crippen MR) is 85.8 cm³/mol. The standard InChI is InChI=1S/C16H18BrFN2/c1-3-20(16-7-5-4-6-14(16)18)15-9-8-12(11(2)19)10-13(15)17/h4-11H,3,19H2,1-2H3/t11-/m1/s1. The largest absolute Gasteiger partial charge is 0.338 e. The zero-order valence-electron chi connectivity index (χ0n) is 11.6. The molecule has 106 valence electrons. The molecule has 0 amide bonds. The van der Waals surface area contributed by atoms with Crippen molar-refractivity contribution in [2.75, 3.05) is 11.4 Å². The van der Waals surface area contributed by atoms with Crippen molar-refractivity contribution in [3.05, 3.63) is 58.3 Å². The van der Waals surface area contributed by atoms with Crippen molar-refractivity contribution in [3.63, 3.8) is 0 Å². The van der Waals surface area contributed by atoms with Crippen LogP contribution in [0.2, 0.25) is 0 Å². The van der Waals surface area contributed by atoms with E-state index in [9.17, 15) is 4.39 Å². The fourth-order valence-electron chi connectivity index (χ4n) is 2.17. The highest BCUT2D eigenvalue weighted by Gasteiger charge is 2.15. The van der Waals surface area contributed by atoms with Gasteiger partial charge in [0.15, 0.2) is 0 Å². The minimum Gasteiger partial charge on any atom is -0.338 e. The Labute approximate surface area is 127 Å². The monoisotopic (exact) mass is 336 g/mol. The number of rotatable bonds is 4. The average Bonchev–Trinajstić information content (AvgIpc) is 2.43. The van der Waals surface area contributed by atoms with Crippen LogP contribution < -0.4 is 10.6 Å². The van der Waals surface area contributed by atoms with Crippen LogP contribution in [0.25, 0.3) is 0 Å². The summed E-state index contributed by atoms with van der Waals surface area (Å²) in [5, 5.41) is 0. The van der Waals surface area contributed by atoms with Crippen molar-refractivity contribution in [2.45, 2.75) is 19.9 Å². The summed E-state index contributed by atoms with van der Waals surface area (Å²) in [6, 6.07) is 12.7. The Morgan fingerprint density at radius 1 is 1.20 bits per heavy atom. The van der Waals surface area contributed by atoms with Crippen molar-refractivity contribution in [3.8, 4) is 0 Å². The van der Waals surface area contributed by atoms with Crippen molar-refractivity contribution in [1.82, 2.24) is 0 Å². The molecular formula is C16H18BrFN2. The predicted octanol–water partition coefficient (Wildman–Crippen LogP) is 4.77. The lowest BCUT2D eigenvalue weighted by atomic mass is 10.1. The maximum atomic E-state index is 14.0. The fourth-order valence-corrected chi connectivity index (χ4v) is 2.78. The normalized spacial score (nSPS) is 12.2. The number of anilines is 2. The lowest BCUT2D eigenvalue weighted by Gasteiger charge is -2.25. The second-order valence-corrected chi connectivity index (χ2v) is 5.55. The minimum absolute atomic E-state index is 0.0242. The lowest BCUT2D eigenvalue weighted by Crippen LogP contribution is -2.18. The van der Waals surface area contributed by atoms with Crippen LogP contribution in [0.1, 0.15) is 25.5 Å². The van der Waals surface area contributed by atoms with Crippen LogP contribution in [-0.2, 0) is 0 Å². The maximum Gasteiger partial charge on any atom is 0.146 e. The highest BCUT2D eigenvalue weighted by atomic mass is 79.9. The number of nitrogens with two attached hydrogens (primary N) is 1. The molecule has 4 heteroatoms. The van der Waals surface area contributed by atoms with E-state index in [0.717, 1.165) is 15.7 Å². The molecule has 0 fully saturated rings. The topological polar surface area (TPSA) is 29.3 Å². The van der Waals surface area contributed by atoms with Crippen molar-refractivity contribution in [2.24, 2.45) is 5.73 Å². The van der Waals surface area contributed by atoms with Gasteiger partial charge in [-0.05, 0) is 59.6 Å². The zero-order valence-corrected chi connectivity index (χ0v) is 13.2. The van der Waals surface area contributed by atoms with Gasteiger partial charge in [0, 0.05) is 17.1 Å². The summed E-state index contributed by atoms with van der Waals surface area (Å²) in [7, 11) is 0. The van der Waals surface area contributed by atoms with Gasteiger partial charge < -0.3 is 10.6 Å². The first-order valence-electron chi connectivity index (χ1n) is 6.61. The molecular weight excluding hydrogens is 319 g/mol. The smallest absolute Gasteiger partial charge is 0.146 e. The van der Waals surface area contributed by atoms with Gasteiger partial charge in [0.25, 0.3) is 0 Å². The van der Waals surface area contributed by atoms with E-state index in [-0.39, 0.29) is 11.9 Å². The second kappa shape index (κ2) is 6.37. The van der Waals surface area contributed by atoms with Crippen LogP contribution in [0.15, 0.2) is 46.9 Å². The third-order valence-corrected chi connectivity index (χ3v) is 3.88. The van der Waals surface area contributed by atoms with E-state index in [1.807, 2.05) is 43.0 Å². The van der Waals surface area contributed by atoms with E-state index in [0.29, 0.717) is 12.2 Å². The summed E-state index contributed by atoms with van der Waals surface area (Å²) in [5.41, 5.74) is 8.43. The van der Waals surface area contributed by atoms with Crippen LogP contribution in [0.3, 0.4) is 0 Å². The Morgan fingerprint density at radius 2 is 1.90 bits per heavy atom. The molecule has 0 heterocycles. The summed E-state index contributed by atoms with van der Waals surface area (Å²) >= 11 is 3.56. The molecule has 0 aliphatic heterocycles. The molecule has 0 saturated carbocycles. The van der Waals surface area contributed by atoms with Crippen LogP contribution in [-0.4, -0.2) is 6.54 Å². The molecule has 0 unspecified atom stereocenters. The summed E-state index contributed by atoms with van der Waals surface area (Å²) in [4.78, 5) is 1.93. The van der Waals surface area contributed by atoms with E-state index in [4.69, 9.17) is 5.73 Å². The summed E-state index contributed by atoms with van der Waals surface area (Å²) in [6.07, 6.45) is 0. The first-order valence-corrected chi connectivity index (χ1v) is 7.41. The Bertz CT molecular complexity index is 599. The molecule has 0 aliphatic rings. The van der Waals surface area contributed by atoms with Crippen molar-refractivity contribution in [1.29, 1.82) is 0 Å². The third kappa shape index (κ3) is 3.02. The number of para-hydroxylation sites is 1. The van der Waals surface area contributed by atoms with Crippen LogP contribution in [0, 0.1) is 5.82 Å². The van der Waals surface area contributed by atoms with Gasteiger partial charge in [0.05, 0.1) is 11.4 Å². The van der Waals surface area contributed by atoms with E-state index in [1.54, 1.807) is 12.1 Å². The Kier molecular flexibility index (Phi) is 4.78. The minimum atomic E-state index is -0.225. The zero-order chi connectivity index (χ0) is 14.7. The van der Waals surface area contributed by atoms with Crippen molar-refractivity contribution >= 4 is 27.3 Å². The second-order valence-electron chi connectivity index (χ2n) is 4.70. The van der Waals surface area contributed by atoms with Gasteiger partial charge in [0.2, 0.25) is 0 Å². The molecule has 20 heavy (non-hydrogen) atoms. The number of nitrogens with zero attached hydrogens (tertiary/aromatic N) is 1. The quantitative estimate of drug-likeness (QED) is 0.871. The maximum absolute atomic E-state index is 14.0. The van der Waals surface area contributed by atoms with Gasteiger partial charge in [-0.25, -0.2) is 4.39 Å². The molecule has 2 aromatic carbocycles. The first kappa shape index (κ1) is 15.0. The van der Waals surface area contributed by atoms with Gasteiger partial charge in [-0.3, -0.25) is 0 Å². The SMILES string of the molecule is CCN(c1ccccc1F)c1ccc([C@@H](C)N)cc1Br. The Hall–Kier alpha value is -1.39. The number of hydrogen-bond donors (Lipinski definition) is 1. The third-order valence-electron chi connectivity index (χ3n) is 3.25. The van der Waals surface area contributed by atoms with Gasteiger partial charge in [-0.15, -0.1) is 0 Å². The fraction of sp³-hybridized carbons (Fsp3) is 0.250. The molecule has 1 atom stereocenters. The molecule has 2 nitrogen and oxygen atoms in total. The molecule has 0 aromatic heterocycles. The Morgan fingerprint density at radius 3 is 2.45 bits per heavy atom. The highest BCUT2D eigenvalue weighted by Crippen LogP contribution is 2.34. The van der Waals surface area contributed by atoms with Crippen LogP contribution >= 0.6 is 15.9 Å². The van der Waals surface area contributed by atoms with Crippen LogP contribution in [0.4, 0.5) is 15.8 Å². The Balaban J connectivity index is 2.45. The van der Waals surface area contributed by atoms with Gasteiger partial charge in [-0.1, -0.05) is 18.2 Å². The summed E-state index contributed by atoms with van der Waals surface area (Å²) < 4.78 is 14.9. The van der Waals surface area contributed by atoms with E-state index >= 15 is 0 Å². The molecule has 0 spiro atoms. The van der Waals surface area contributed by atoms with Gasteiger partial charge in [0.1, 0.15) is 5.82 Å². The molecule has 0 saturated heterocycles. The highest BCUT2D eigenvalue weighted by molar-refractivity contribution is 9.10.